The highest BCUT2D eigenvalue weighted by Crippen LogP contribution is 2.20. The third-order valence-electron chi connectivity index (χ3n) is 4.30. The lowest BCUT2D eigenvalue weighted by Crippen LogP contribution is -2.17. The van der Waals surface area contributed by atoms with Gasteiger partial charge in [0, 0.05) is 36.4 Å². The van der Waals surface area contributed by atoms with Gasteiger partial charge in [-0.25, -0.2) is 9.07 Å². The minimum atomic E-state index is -0.231. The van der Waals surface area contributed by atoms with Gasteiger partial charge in [0.25, 0.3) is 0 Å². The number of fused-ring (bicyclic) bond motifs is 1. The van der Waals surface area contributed by atoms with E-state index < -0.39 is 0 Å². The first-order valence-corrected chi connectivity index (χ1v) is 8.50. The SMILES string of the molecule is CN(Cc1cnn(-c2ccccc2)c1)Cc1cc(F)cc2cccnc12. The third-order valence-corrected chi connectivity index (χ3v) is 4.30. The molecule has 0 aliphatic heterocycles. The largest absolute Gasteiger partial charge is 0.298 e. The van der Waals surface area contributed by atoms with Crippen molar-refractivity contribution in [1.82, 2.24) is 19.7 Å². The van der Waals surface area contributed by atoms with E-state index in [0.29, 0.717) is 6.54 Å². The molecule has 4 rings (SSSR count). The summed E-state index contributed by atoms with van der Waals surface area (Å²) in [6.45, 7) is 1.33. The molecule has 5 heteroatoms. The Bertz CT molecular complexity index is 1030. The highest BCUT2D eigenvalue weighted by Gasteiger charge is 2.10. The molecule has 26 heavy (non-hydrogen) atoms. The van der Waals surface area contributed by atoms with Crippen molar-refractivity contribution in [1.29, 1.82) is 0 Å². The van der Waals surface area contributed by atoms with E-state index in [-0.39, 0.29) is 5.82 Å². The zero-order valence-electron chi connectivity index (χ0n) is 14.5. The lowest BCUT2D eigenvalue weighted by Gasteiger charge is -2.17. The van der Waals surface area contributed by atoms with E-state index in [1.807, 2.05) is 66.6 Å². The number of pyridine rings is 1. The van der Waals surface area contributed by atoms with Gasteiger partial charge in [0.2, 0.25) is 0 Å². The highest BCUT2D eigenvalue weighted by atomic mass is 19.1. The summed E-state index contributed by atoms with van der Waals surface area (Å²) in [7, 11) is 2.01. The average molecular weight is 346 g/mol. The lowest BCUT2D eigenvalue weighted by molar-refractivity contribution is 0.319. The molecule has 0 bridgehead atoms. The van der Waals surface area contributed by atoms with Crippen LogP contribution >= 0.6 is 0 Å². The number of halogens is 1. The lowest BCUT2D eigenvalue weighted by atomic mass is 10.1. The third kappa shape index (κ3) is 3.48. The molecule has 0 unspecified atom stereocenters. The van der Waals surface area contributed by atoms with Crippen LogP contribution < -0.4 is 0 Å². The molecular weight excluding hydrogens is 327 g/mol. The molecule has 0 amide bonds. The summed E-state index contributed by atoms with van der Waals surface area (Å²) in [6.07, 6.45) is 5.63. The maximum Gasteiger partial charge on any atom is 0.124 e. The first-order chi connectivity index (χ1) is 12.7. The fraction of sp³-hybridized carbons (Fsp3) is 0.143. The molecule has 2 aromatic heterocycles. The molecule has 130 valence electrons. The van der Waals surface area contributed by atoms with Crippen LogP contribution in [0.5, 0.6) is 0 Å². The van der Waals surface area contributed by atoms with Crippen LogP contribution in [-0.2, 0) is 13.1 Å². The first-order valence-electron chi connectivity index (χ1n) is 8.50. The van der Waals surface area contributed by atoms with E-state index in [0.717, 1.165) is 34.3 Å². The molecule has 0 spiro atoms. The van der Waals surface area contributed by atoms with Crippen LogP contribution in [0.2, 0.25) is 0 Å². The summed E-state index contributed by atoms with van der Waals surface area (Å²) < 4.78 is 15.8. The van der Waals surface area contributed by atoms with E-state index in [1.165, 1.54) is 6.07 Å². The zero-order chi connectivity index (χ0) is 17.9. The minimum Gasteiger partial charge on any atom is -0.298 e. The van der Waals surface area contributed by atoms with Gasteiger partial charge in [0.15, 0.2) is 0 Å². The van der Waals surface area contributed by atoms with Crippen molar-refractivity contribution in [2.75, 3.05) is 7.05 Å². The predicted octanol–water partition coefficient (Wildman–Crippen LogP) is 4.19. The predicted molar refractivity (Wildman–Crippen MR) is 100 cm³/mol. The Morgan fingerprint density at radius 3 is 2.73 bits per heavy atom. The van der Waals surface area contributed by atoms with Crippen LogP contribution in [-0.4, -0.2) is 26.7 Å². The summed E-state index contributed by atoms with van der Waals surface area (Å²) in [5.74, 6) is -0.231. The Morgan fingerprint density at radius 2 is 1.88 bits per heavy atom. The molecule has 0 fully saturated rings. The summed E-state index contributed by atoms with van der Waals surface area (Å²) >= 11 is 0. The molecule has 0 radical (unpaired) electrons. The van der Waals surface area contributed by atoms with Gasteiger partial charge in [-0.15, -0.1) is 0 Å². The molecule has 2 aromatic carbocycles. The van der Waals surface area contributed by atoms with Gasteiger partial charge in [0.05, 0.1) is 17.4 Å². The monoisotopic (exact) mass is 346 g/mol. The fourth-order valence-corrected chi connectivity index (χ4v) is 3.17. The molecule has 0 aliphatic rings. The standard InChI is InChI=1S/C21H19FN4/c1-25(13-16-12-24-26(14-16)20-7-3-2-4-8-20)15-18-11-19(22)10-17-6-5-9-23-21(17)18/h2-12,14H,13,15H2,1H3. The average Bonchev–Trinajstić information content (AvgIpc) is 3.10. The zero-order valence-corrected chi connectivity index (χ0v) is 14.5. The number of para-hydroxylation sites is 1. The van der Waals surface area contributed by atoms with Crippen molar-refractivity contribution in [2.24, 2.45) is 0 Å². The highest BCUT2D eigenvalue weighted by molar-refractivity contribution is 5.81. The molecule has 0 aliphatic carbocycles. The van der Waals surface area contributed by atoms with Crippen LogP contribution in [0, 0.1) is 5.82 Å². The van der Waals surface area contributed by atoms with Gasteiger partial charge in [0.1, 0.15) is 5.82 Å². The second-order valence-corrected chi connectivity index (χ2v) is 6.44. The minimum absolute atomic E-state index is 0.231. The molecule has 4 aromatic rings. The van der Waals surface area contributed by atoms with E-state index in [9.17, 15) is 4.39 Å². The van der Waals surface area contributed by atoms with Crippen LogP contribution in [0.4, 0.5) is 4.39 Å². The van der Waals surface area contributed by atoms with Gasteiger partial charge in [-0.1, -0.05) is 24.3 Å². The van der Waals surface area contributed by atoms with Gasteiger partial charge >= 0.3 is 0 Å². The van der Waals surface area contributed by atoms with Gasteiger partial charge in [-0.2, -0.15) is 5.10 Å². The number of hydrogen-bond acceptors (Lipinski definition) is 3. The van der Waals surface area contributed by atoms with Crippen LogP contribution in [0.3, 0.4) is 0 Å². The van der Waals surface area contributed by atoms with E-state index in [2.05, 4.69) is 15.0 Å². The fourth-order valence-electron chi connectivity index (χ4n) is 3.17. The summed E-state index contributed by atoms with van der Waals surface area (Å²) in [4.78, 5) is 6.55. The maximum absolute atomic E-state index is 13.9. The second-order valence-electron chi connectivity index (χ2n) is 6.44. The van der Waals surface area contributed by atoms with Crippen molar-refractivity contribution in [3.05, 3.63) is 90.1 Å². The second kappa shape index (κ2) is 7.06. The number of benzene rings is 2. The van der Waals surface area contributed by atoms with Crippen molar-refractivity contribution >= 4 is 10.9 Å². The molecule has 0 saturated heterocycles. The van der Waals surface area contributed by atoms with Gasteiger partial charge < -0.3 is 0 Å². The smallest absolute Gasteiger partial charge is 0.124 e. The maximum atomic E-state index is 13.9. The Morgan fingerprint density at radius 1 is 1.04 bits per heavy atom. The Labute approximate surface area is 151 Å². The van der Waals surface area contributed by atoms with E-state index >= 15 is 0 Å². The quantitative estimate of drug-likeness (QED) is 0.543. The molecular formula is C21H19FN4. The van der Waals surface area contributed by atoms with E-state index in [4.69, 9.17) is 0 Å². The topological polar surface area (TPSA) is 34.0 Å². The van der Waals surface area contributed by atoms with Crippen LogP contribution in [0.1, 0.15) is 11.1 Å². The molecule has 2 heterocycles. The summed E-state index contributed by atoms with van der Waals surface area (Å²) in [5.41, 5.74) is 3.87. The van der Waals surface area contributed by atoms with Gasteiger partial charge in [-0.3, -0.25) is 9.88 Å². The Hall–Kier alpha value is -3.05. The van der Waals surface area contributed by atoms with Crippen LogP contribution in [0.25, 0.3) is 16.6 Å². The number of nitrogens with zero attached hydrogens (tertiary/aromatic N) is 4. The van der Waals surface area contributed by atoms with E-state index in [1.54, 1.807) is 12.3 Å². The molecule has 4 nitrogen and oxygen atoms in total. The van der Waals surface area contributed by atoms with Crippen molar-refractivity contribution in [2.45, 2.75) is 13.1 Å². The van der Waals surface area contributed by atoms with Gasteiger partial charge in [-0.05, 0) is 42.9 Å². The Kier molecular flexibility index (Phi) is 4.46. The van der Waals surface area contributed by atoms with Crippen molar-refractivity contribution in [3.8, 4) is 5.69 Å². The number of rotatable bonds is 5. The number of aromatic nitrogens is 3. The summed E-state index contributed by atoms with van der Waals surface area (Å²) in [5, 5.41) is 5.25. The first kappa shape index (κ1) is 16.4. The normalized spacial score (nSPS) is 11.3. The Balaban J connectivity index is 1.51. The molecule has 0 saturated carbocycles. The number of hydrogen-bond donors (Lipinski definition) is 0. The summed E-state index contributed by atoms with van der Waals surface area (Å²) in [6, 6.07) is 16.8. The van der Waals surface area contributed by atoms with Crippen molar-refractivity contribution < 1.29 is 4.39 Å². The molecule has 0 atom stereocenters. The van der Waals surface area contributed by atoms with Crippen LogP contribution in [0.15, 0.2) is 73.2 Å². The van der Waals surface area contributed by atoms with Crippen molar-refractivity contribution in [3.63, 3.8) is 0 Å². The molecule has 0 N–H and O–H groups in total.